The Bertz CT molecular complexity index is 1010. The Kier molecular flexibility index (Phi) is 3.74. The quantitative estimate of drug-likeness (QED) is 0.522. The predicted molar refractivity (Wildman–Crippen MR) is 95.1 cm³/mol. The van der Waals surface area contributed by atoms with Crippen molar-refractivity contribution in [2.45, 2.75) is 0 Å². The molecule has 0 aliphatic rings. The van der Waals surface area contributed by atoms with Gasteiger partial charge in [0, 0.05) is 28.8 Å². The molecule has 4 aromatic rings. The van der Waals surface area contributed by atoms with Gasteiger partial charge >= 0.3 is 0 Å². The Balaban J connectivity index is 1.73. The van der Waals surface area contributed by atoms with E-state index < -0.39 is 0 Å². The lowest BCUT2D eigenvalue weighted by molar-refractivity contribution is 0.432. The van der Waals surface area contributed by atoms with E-state index in [9.17, 15) is 0 Å². The van der Waals surface area contributed by atoms with E-state index in [1.807, 2.05) is 66.3 Å². The van der Waals surface area contributed by atoms with Crippen LogP contribution in [0.15, 0.2) is 69.8 Å². The summed E-state index contributed by atoms with van der Waals surface area (Å²) >= 11 is 3.51. The van der Waals surface area contributed by atoms with Crippen LogP contribution < -0.4 is 0 Å². The molecule has 0 radical (unpaired) electrons. The second-order valence-electron chi connectivity index (χ2n) is 5.32. The molecule has 4 rings (SSSR count). The minimum Gasteiger partial charge on any atom is -0.334 e. The van der Waals surface area contributed by atoms with E-state index in [1.54, 1.807) is 6.20 Å². The zero-order chi connectivity index (χ0) is 16.5. The summed E-state index contributed by atoms with van der Waals surface area (Å²) in [7, 11) is 1.92. The van der Waals surface area contributed by atoms with Gasteiger partial charge in [0.15, 0.2) is 0 Å². The summed E-state index contributed by atoms with van der Waals surface area (Å²) in [6.07, 6.45) is 1.78. The van der Waals surface area contributed by atoms with Crippen molar-refractivity contribution < 1.29 is 4.52 Å². The fourth-order valence-corrected chi connectivity index (χ4v) is 3.01. The van der Waals surface area contributed by atoms with Crippen LogP contribution in [0.4, 0.5) is 0 Å². The molecule has 0 saturated carbocycles. The largest absolute Gasteiger partial charge is 0.334 e. The van der Waals surface area contributed by atoms with Crippen molar-refractivity contribution in [1.29, 1.82) is 0 Å². The SMILES string of the molecule is Cn1nccc1-c1cccc(-c2noc(-c3ccccc3Br)n2)c1. The summed E-state index contributed by atoms with van der Waals surface area (Å²) in [5.41, 5.74) is 3.86. The van der Waals surface area contributed by atoms with E-state index in [0.717, 1.165) is 26.9 Å². The third kappa shape index (κ3) is 2.65. The van der Waals surface area contributed by atoms with Crippen LogP contribution in [0.1, 0.15) is 0 Å². The van der Waals surface area contributed by atoms with Gasteiger partial charge in [-0.2, -0.15) is 10.1 Å². The Morgan fingerprint density at radius 3 is 2.62 bits per heavy atom. The van der Waals surface area contributed by atoms with Crippen molar-refractivity contribution in [2.75, 3.05) is 0 Å². The highest BCUT2D eigenvalue weighted by atomic mass is 79.9. The highest BCUT2D eigenvalue weighted by Crippen LogP contribution is 2.29. The van der Waals surface area contributed by atoms with Crippen molar-refractivity contribution in [1.82, 2.24) is 19.9 Å². The van der Waals surface area contributed by atoms with Gasteiger partial charge in [-0.15, -0.1) is 0 Å². The molecule has 0 fully saturated rings. The van der Waals surface area contributed by atoms with Crippen LogP contribution in [0.2, 0.25) is 0 Å². The molecule has 0 aliphatic heterocycles. The predicted octanol–water partition coefficient (Wildman–Crippen LogP) is 4.57. The molecule has 0 atom stereocenters. The van der Waals surface area contributed by atoms with Gasteiger partial charge in [0.1, 0.15) is 0 Å². The molecule has 0 amide bonds. The van der Waals surface area contributed by atoms with Crippen molar-refractivity contribution in [3.05, 3.63) is 65.3 Å². The molecular weight excluding hydrogens is 368 g/mol. The summed E-state index contributed by atoms with van der Waals surface area (Å²) in [5, 5.41) is 8.33. The van der Waals surface area contributed by atoms with Crippen LogP contribution >= 0.6 is 15.9 Å². The first kappa shape index (κ1) is 14.8. The molecule has 0 spiro atoms. The van der Waals surface area contributed by atoms with Crippen LogP contribution in [0.5, 0.6) is 0 Å². The van der Waals surface area contributed by atoms with Gasteiger partial charge in [0.05, 0.1) is 11.3 Å². The smallest absolute Gasteiger partial charge is 0.259 e. The highest BCUT2D eigenvalue weighted by Gasteiger charge is 2.13. The lowest BCUT2D eigenvalue weighted by Crippen LogP contribution is -1.93. The molecule has 5 nitrogen and oxygen atoms in total. The third-order valence-electron chi connectivity index (χ3n) is 3.77. The van der Waals surface area contributed by atoms with E-state index in [-0.39, 0.29) is 0 Å². The molecule has 2 aromatic heterocycles. The van der Waals surface area contributed by atoms with E-state index in [0.29, 0.717) is 11.7 Å². The van der Waals surface area contributed by atoms with E-state index >= 15 is 0 Å². The zero-order valence-electron chi connectivity index (χ0n) is 12.8. The Morgan fingerprint density at radius 2 is 1.83 bits per heavy atom. The third-order valence-corrected chi connectivity index (χ3v) is 4.46. The van der Waals surface area contributed by atoms with E-state index in [1.165, 1.54) is 0 Å². The van der Waals surface area contributed by atoms with Gasteiger partial charge in [0.25, 0.3) is 5.89 Å². The second kappa shape index (κ2) is 6.05. The van der Waals surface area contributed by atoms with Crippen molar-refractivity contribution >= 4 is 15.9 Å². The fraction of sp³-hybridized carbons (Fsp3) is 0.0556. The average molecular weight is 381 g/mol. The Morgan fingerprint density at radius 1 is 1.00 bits per heavy atom. The number of aryl methyl sites for hydroxylation is 1. The number of benzene rings is 2. The molecule has 0 unspecified atom stereocenters. The lowest BCUT2D eigenvalue weighted by Gasteiger charge is -2.03. The fourth-order valence-electron chi connectivity index (χ4n) is 2.56. The topological polar surface area (TPSA) is 56.7 Å². The van der Waals surface area contributed by atoms with Crippen LogP contribution in [0.3, 0.4) is 0 Å². The maximum absolute atomic E-state index is 5.43. The molecule has 118 valence electrons. The summed E-state index contributed by atoms with van der Waals surface area (Å²) in [4.78, 5) is 4.53. The first-order chi connectivity index (χ1) is 11.7. The monoisotopic (exact) mass is 380 g/mol. The Labute approximate surface area is 147 Å². The molecule has 0 saturated heterocycles. The second-order valence-corrected chi connectivity index (χ2v) is 6.18. The number of hydrogen-bond acceptors (Lipinski definition) is 4. The molecule has 0 aliphatic carbocycles. The molecule has 24 heavy (non-hydrogen) atoms. The number of hydrogen-bond donors (Lipinski definition) is 0. The zero-order valence-corrected chi connectivity index (χ0v) is 14.4. The Hall–Kier alpha value is -2.73. The maximum atomic E-state index is 5.43. The summed E-state index contributed by atoms with van der Waals surface area (Å²) in [5.74, 6) is 1.05. The molecule has 2 heterocycles. The first-order valence-electron chi connectivity index (χ1n) is 7.40. The summed E-state index contributed by atoms with van der Waals surface area (Å²) < 4.78 is 8.19. The minimum absolute atomic E-state index is 0.489. The molecule has 0 N–H and O–H groups in total. The standard InChI is InChI=1S/C18H13BrN4O/c1-23-16(9-10-20-23)12-5-4-6-13(11-12)17-21-18(24-22-17)14-7-2-3-8-15(14)19/h2-11H,1H3. The van der Waals surface area contributed by atoms with Gasteiger partial charge in [-0.3, -0.25) is 4.68 Å². The number of aromatic nitrogens is 4. The van der Waals surface area contributed by atoms with Gasteiger partial charge in [0.2, 0.25) is 5.82 Å². The summed E-state index contributed by atoms with van der Waals surface area (Å²) in [6.45, 7) is 0. The molecular formula is C18H13BrN4O. The van der Waals surface area contributed by atoms with Crippen LogP contribution in [-0.4, -0.2) is 19.9 Å². The van der Waals surface area contributed by atoms with Gasteiger partial charge in [-0.1, -0.05) is 35.5 Å². The molecule has 6 heteroatoms. The van der Waals surface area contributed by atoms with E-state index in [4.69, 9.17) is 4.52 Å². The van der Waals surface area contributed by atoms with Crippen molar-refractivity contribution in [2.24, 2.45) is 7.05 Å². The van der Waals surface area contributed by atoms with E-state index in [2.05, 4.69) is 31.2 Å². The normalized spacial score (nSPS) is 10.9. The van der Waals surface area contributed by atoms with Crippen LogP contribution in [-0.2, 0) is 7.05 Å². The van der Waals surface area contributed by atoms with Crippen LogP contribution in [0, 0.1) is 0 Å². The van der Waals surface area contributed by atoms with Crippen molar-refractivity contribution in [3.8, 4) is 34.1 Å². The van der Waals surface area contributed by atoms with Gasteiger partial charge < -0.3 is 4.52 Å². The number of rotatable bonds is 3. The molecule has 2 aromatic carbocycles. The lowest BCUT2D eigenvalue weighted by atomic mass is 10.1. The molecule has 0 bridgehead atoms. The van der Waals surface area contributed by atoms with Gasteiger partial charge in [-0.25, -0.2) is 0 Å². The van der Waals surface area contributed by atoms with Crippen molar-refractivity contribution in [3.63, 3.8) is 0 Å². The van der Waals surface area contributed by atoms with Gasteiger partial charge in [-0.05, 0) is 40.2 Å². The first-order valence-corrected chi connectivity index (χ1v) is 8.19. The van der Waals surface area contributed by atoms with Crippen LogP contribution in [0.25, 0.3) is 34.1 Å². The average Bonchev–Trinajstić information content (AvgIpc) is 3.24. The maximum Gasteiger partial charge on any atom is 0.259 e. The summed E-state index contributed by atoms with van der Waals surface area (Å²) in [6, 6.07) is 17.8. The highest BCUT2D eigenvalue weighted by molar-refractivity contribution is 9.10. The minimum atomic E-state index is 0.489. The number of nitrogens with zero attached hydrogens (tertiary/aromatic N) is 4. The number of halogens is 1.